The highest BCUT2D eigenvalue weighted by Gasteiger charge is 2.26. The highest BCUT2D eigenvalue weighted by molar-refractivity contribution is 7.10. The van der Waals surface area contributed by atoms with Gasteiger partial charge < -0.3 is 14.4 Å². The smallest absolute Gasteiger partial charge is 0.252 e. The SMILES string of the molecule is Cc1noc(C)c1CN1CCc2c(C(=O)N[C@H](C)c3nncn3C)csc2C1. The highest BCUT2D eigenvalue weighted by Crippen LogP contribution is 2.30. The summed E-state index contributed by atoms with van der Waals surface area (Å²) in [4.78, 5) is 16.5. The van der Waals surface area contributed by atoms with Gasteiger partial charge in [0.2, 0.25) is 0 Å². The molecule has 0 spiro atoms. The first kappa shape index (κ1) is 18.8. The number of aryl methyl sites for hydroxylation is 3. The molecule has 0 radical (unpaired) electrons. The van der Waals surface area contributed by atoms with E-state index in [9.17, 15) is 4.79 Å². The Morgan fingerprint density at radius 3 is 2.93 bits per heavy atom. The zero-order chi connectivity index (χ0) is 19.8. The van der Waals surface area contributed by atoms with Crippen molar-refractivity contribution in [2.45, 2.75) is 46.3 Å². The van der Waals surface area contributed by atoms with Gasteiger partial charge in [-0.25, -0.2) is 0 Å². The number of fused-ring (bicyclic) bond motifs is 1. The van der Waals surface area contributed by atoms with Crippen molar-refractivity contribution in [3.8, 4) is 0 Å². The quantitative estimate of drug-likeness (QED) is 0.708. The van der Waals surface area contributed by atoms with Crippen LogP contribution in [0.5, 0.6) is 0 Å². The van der Waals surface area contributed by atoms with Crippen LogP contribution in [0.3, 0.4) is 0 Å². The van der Waals surface area contributed by atoms with Gasteiger partial charge in [-0.15, -0.1) is 21.5 Å². The molecular formula is C19H24N6O2S. The van der Waals surface area contributed by atoms with Crippen molar-refractivity contribution in [1.29, 1.82) is 0 Å². The fourth-order valence-electron chi connectivity index (χ4n) is 3.68. The van der Waals surface area contributed by atoms with Gasteiger partial charge in [0, 0.05) is 42.5 Å². The van der Waals surface area contributed by atoms with Crippen LogP contribution in [0, 0.1) is 13.8 Å². The van der Waals surface area contributed by atoms with Crippen molar-refractivity contribution < 1.29 is 9.32 Å². The second-order valence-corrected chi connectivity index (χ2v) is 8.27. The third-order valence-corrected chi connectivity index (χ3v) is 6.33. The molecule has 0 aromatic carbocycles. The first-order valence-electron chi connectivity index (χ1n) is 9.32. The molecule has 4 rings (SSSR count). The molecule has 9 heteroatoms. The number of thiophene rings is 1. The van der Waals surface area contributed by atoms with Crippen LogP contribution in [0.4, 0.5) is 0 Å². The third kappa shape index (κ3) is 3.47. The molecule has 0 saturated heterocycles. The summed E-state index contributed by atoms with van der Waals surface area (Å²) in [6.07, 6.45) is 2.50. The molecule has 0 aliphatic carbocycles. The predicted molar refractivity (Wildman–Crippen MR) is 105 cm³/mol. The van der Waals surface area contributed by atoms with E-state index in [0.29, 0.717) is 0 Å². The van der Waals surface area contributed by atoms with E-state index >= 15 is 0 Å². The average molecular weight is 401 g/mol. The number of aromatic nitrogens is 4. The summed E-state index contributed by atoms with van der Waals surface area (Å²) in [5.74, 6) is 1.57. The van der Waals surface area contributed by atoms with Gasteiger partial charge in [0.05, 0.1) is 17.3 Å². The minimum Gasteiger partial charge on any atom is -0.361 e. The van der Waals surface area contributed by atoms with Crippen LogP contribution >= 0.6 is 11.3 Å². The van der Waals surface area contributed by atoms with E-state index in [1.54, 1.807) is 17.7 Å². The number of nitrogens with zero attached hydrogens (tertiary/aromatic N) is 5. The molecule has 4 heterocycles. The van der Waals surface area contributed by atoms with Crippen molar-refractivity contribution >= 4 is 17.2 Å². The van der Waals surface area contributed by atoms with Crippen LogP contribution in [0.25, 0.3) is 0 Å². The monoisotopic (exact) mass is 400 g/mol. The zero-order valence-electron chi connectivity index (χ0n) is 16.5. The molecule has 1 amide bonds. The Bertz CT molecular complexity index is 985. The summed E-state index contributed by atoms with van der Waals surface area (Å²) in [7, 11) is 1.87. The molecule has 8 nitrogen and oxygen atoms in total. The first-order valence-corrected chi connectivity index (χ1v) is 10.2. The van der Waals surface area contributed by atoms with Gasteiger partial charge in [0.15, 0.2) is 5.82 Å². The maximum atomic E-state index is 12.8. The van der Waals surface area contributed by atoms with Crippen LogP contribution < -0.4 is 5.32 Å². The molecule has 1 N–H and O–H groups in total. The Morgan fingerprint density at radius 2 is 2.25 bits per heavy atom. The van der Waals surface area contributed by atoms with E-state index in [4.69, 9.17) is 4.52 Å². The largest absolute Gasteiger partial charge is 0.361 e. The Hall–Kier alpha value is -2.52. The molecule has 3 aromatic heterocycles. The van der Waals surface area contributed by atoms with Gasteiger partial charge in [-0.1, -0.05) is 5.16 Å². The Balaban J connectivity index is 1.45. The Labute approximate surface area is 167 Å². The highest BCUT2D eigenvalue weighted by atomic mass is 32.1. The lowest BCUT2D eigenvalue weighted by Gasteiger charge is -2.27. The summed E-state index contributed by atoms with van der Waals surface area (Å²) >= 11 is 1.66. The van der Waals surface area contributed by atoms with Crippen LogP contribution in [-0.4, -0.2) is 37.3 Å². The number of carbonyl (C=O) groups excluding carboxylic acids is 1. The normalized spacial score (nSPS) is 15.4. The van der Waals surface area contributed by atoms with Gasteiger partial charge >= 0.3 is 0 Å². The molecule has 3 aromatic rings. The lowest BCUT2D eigenvalue weighted by atomic mass is 10.0. The molecule has 28 heavy (non-hydrogen) atoms. The standard InChI is InChI=1S/C19H24N6O2S/c1-11-15(13(3)27-23-11)7-25-6-5-14-16(9-28-17(14)8-25)19(26)21-12(2)18-22-20-10-24(18)4/h9-10,12H,5-8H2,1-4H3,(H,21,26)/t12-/m1/s1. The summed E-state index contributed by atoms with van der Waals surface area (Å²) in [6.45, 7) is 8.43. The predicted octanol–water partition coefficient (Wildman–Crippen LogP) is 2.53. The van der Waals surface area contributed by atoms with Crippen molar-refractivity contribution in [2.24, 2.45) is 7.05 Å². The maximum absolute atomic E-state index is 12.8. The van der Waals surface area contributed by atoms with Crippen molar-refractivity contribution in [1.82, 2.24) is 30.1 Å². The Morgan fingerprint density at radius 1 is 1.43 bits per heavy atom. The number of nitrogens with one attached hydrogen (secondary N) is 1. The van der Waals surface area contributed by atoms with E-state index in [-0.39, 0.29) is 11.9 Å². The van der Waals surface area contributed by atoms with E-state index in [1.807, 2.05) is 37.8 Å². The topological polar surface area (TPSA) is 89.1 Å². The molecular weight excluding hydrogens is 376 g/mol. The van der Waals surface area contributed by atoms with Gasteiger partial charge in [-0.05, 0) is 32.8 Å². The van der Waals surface area contributed by atoms with E-state index in [1.165, 1.54) is 10.4 Å². The van der Waals surface area contributed by atoms with Crippen LogP contribution in [0.15, 0.2) is 16.2 Å². The summed E-state index contributed by atoms with van der Waals surface area (Å²) in [5, 5.41) is 17.0. The summed E-state index contributed by atoms with van der Waals surface area (Å²) in [5.41, 5.74) is 4.07. The van der Waals surface area contributed by atoms with Gasteiger partial charge in [0.25, 0.3) is 5.91 Å². The molecule has 148 valence electrons. The van der Waals surface area contributed by atoms with E-state index < -0.39 is 0 Å². The lowest BCUT2D eigenvalue weighted by molar-refractivity contribution is 0.0936. The first-order chi connectivity index (χ1) is 13.4. The van der Waals surface area contributed by atoms with E-state index in [2.05, 4.69) is 25.6 Å². The van der Waals surface area contributed by atoms with Gasteiger partial charge in [-0.2, -0.15) is 0 Å². The number of rotatable bonds is 5. The fraction of sp³-hybridized carbons (Fsp3) is 0.474. The number of carbonyl (C=O) groups is 1. The second kappa shape index (κ2) is 7.48. The van der Waals surface area contributed by atoms with Crippen molar-refractivity contribution in [3.05, 3.63) is 50.6 Å². The van der Waals surface area contributed by atoms with E-state index in [0.717, 1.165) is 54.5 Å². The van der Waals surface area contributed by atoms with Crippen LogP contribution in [0.2, 0.25) is 0 Å². The van der Waals surface area contributed by atoms with Gasteiger partial charge in [0.1, 0.15) is 12.1 Å². The summed E-state index contributed by atoms with van der Waals surface area (Å²) < 4.78 is 7.10. The number of hydrogen-bond donors (Lipinski definition) is 1. The summed E-state index contributed by atoms with van der Waals surface area (Å²) in [6, 6.07) is -0.199. The van der Waals surface area contributed by atoms with Gasteiger partial charge in [-0.3, -0.25) is 9.69 Å². The molecule has 1 atom stereocenters. The molecule has 1 aliphatic heterocycles. The lowest BCUT2D eigenvalue weighted by Crippen LogP contribution is -2.32. The average Bonchev–Trinajstić information content (AvgIpc) is 3.36. The number of amides is 1. The molecule has 0 fully saturated rings. The fourth-order valence-corrected chi connectivity index (χ4v) is 4.80. The van der Waals surface area contributed by atoms with Crippen molar-refractivity contribution in [3.63, 3.8) is 0 Å². The van der Waals surface area contributed by atoms with Crippen LogP contribution in [-0.2, 0) is 26.6 Å². The van der Waals surface area contributed by atoms with Crippen LogP contribution in [0.1, 0.15) is 56.6 Å². The maximum Gasteiger partial charge on any atom is 0.252 e. The second-order valence-electron chi connectivity index (χ2n) is 7.31. The Kier molecular flexibility index (Phi) is 5.03. The third-order valence-electron chi connectivity index (χ3n) is 5.31. The molecule has 0 bridgehead atoms. The minimum absolute atomic E-state index is 0.0489. The van der Waals surface area contributed by atoms with Crippen molar-refractivity contribution in [2.75, 3.05) is 6.54 Å². The molecule has 0 unspecified atom stereocenters. The zero-order valence-corrected chi connectivity index (χ0v) is 17.3. The molecule has 0 saturated carbocycles. The molecule has 1 aliphatic rings. The number of hydrogen-bond acceptors (Lipinski definition) is 7. The minimum atomic E-state index is -0.199.